The van der Waals surface area contributed by atoms with Crippen molar-refractivity contribution in [3.8, 4) is 5.75 Å². The number of benzene rings is 1. The third-order valence-corrected chi connectivity index (χ3v) is 4.46. The van der Waals surface area contributed by atoms with E-state index >= 15 is 0 Å². The number of likely N-dealkylation sites (tertiary alicyclic amines) is 1. The summed E-state index contributed by atoms with van der Waals surface area (Å²) in [6.45, 7) is 4.27. The van der Waals surface area contributed by atoms with Gasteiger partial charge in [0.05, 0.1) is 4.90 Å². The molecule has 1 saturated heterocycles. The van der Waals surface area contributed by atoms with E-state index < -0.39 is 10.0 Å². The van der Waals surface area contributed by atoms with E-state index in [9.17, 15) is 8.42 Å². The standard InChI is InChI=1S/C13H21N3O3S/c14-9-11-5-6-16(10-11)7-8-19-12-1-3-13(4-2-12)20(15,17)18/h1-4,11H,5-10,14H2,(H2,15,17,18). The van der Waals surface area contributed by atoms with Crippen LogP contribution >= 0.6 is 0 Å². The van der Waals surface area contributed by atoms with Gasteiger partial charge >= 0.3 is 0 Å². The number of nitrogens with two attached hydrogens (primary N) is 2. The third-order valence-electron chi connectivity index (χ3n) is 3.53. The normalized spacial score (nSPS) is 20.2. The number of primary sulfonamides is 1. The van der Waals surface area contributed by atoms with Gasteiger partial charge in [-0.15, -0.1) is 0 Å². The van der Waals surface area contributed by atoms with Crippen molar-refractivity contribution in [2.24, 2.45) is 16.8 Å². The fraction of sp³-hybridized carbons (Fsp3) is 0.538. The maximum Gasteiger partial charge on any atom is 0.238 e. The summed E-state index contributed by atoms with van der Waals surface area (Å²) in [6, 6.07) is 6.13. The summed E-state index contributed by atoms with van der Waals surface area (Å²) in [5.41, 5.74) is 5.65. The molecule has 7 heteroatoms. The molecule has 0 aliphatic carbocycles. The van der Waals surface area contributed by atoms with Gasteiger partial charge in [-0.3, -0.25) is 4.90 Å². The first-order valence-electron chi connectivity index (χ1n) is 6.67. The summed E-state index contributed by atoms with van der Waals surface area (Å²) in [5.74, 6) is 1.25. The van der Waals surface area contributed by atoms with Crippen LogP contribution in [0.5, 0.6) is 5.75 Å². The number of rotatable bonds is 6. The van der Waals surface area contributed by atoms with Crippen LogP contribution in [0, 0.1) is 5.92 Å². The van der Waals surface area contributed by atoms with Crippen LogP contribution in [0.25, 0.3) is 0 Å². The van der Waals surface area contributed by atoms with Gasteiger partial charge < -0.3 is 10.5 Å². The lowest BCUT2D eigenvalue weighted by atomic mass is 10.1. The van der Waals surface area contributed by atoms with Gasteiger partial charge in [0.15, 0.2) is 0 Å². The molecule has 0 bridgehead atoms. The van der Waals surface area contributed by atoms with Crippen molar-refractivity contribution in [3.05, 3.63) is 24.3 Å². The predicted octanol–water partition coefficient (Wildman–Crippen LogP) is -0.00660. The Bertz CT molecular complexity index is 530. The number of sulfonamides is 1. The lowest BCUT2D eigenvalue weighted by Crippen LogP contribution is -2.27. The number of ether oxygens (including phenoxy) is 1. The van der Waals surface area contributed by atoms with Crippen LogP contribution in [0.15, 0.2) is 29.2 Å². The Hall–Kier alpha value is -1.15. The zero-order valence-electron chi connectivity index (χ0n) is 11.4. The van der Waals surface area contributed by atoms with Crippen LogP contribution in [0.3, 0.4) is 0 Å². The molecule has 1 unspecified atom stereocenters. The van der Waals surface area contributed by atoms with E-state index in [1.54, 1.807) is 12.1 Å². The first-order chi connectivity index (χ1) is 9.49. The second-order valence-electron chi connectivity index (χ2n) is 5.06. The first kappa shape index (κ1) is 15.2. The number of hydrogen-bond donors (Lipinski definition) is 2. The van der Waals surface area contributed by atoms with Crippen LogP contribution in [-0.4, -0.2) is 46.1 Å². The molecule has 4 N–H and O–H groups in total. The Morgan fingerprint density at radius 3 is 2.55 bits per heavy atom. The highest BCUT2D eigenvalue weighted by atomic mass is 32.2. The van der Waals surface area contributed by atoms with Gasteiger partial charge in [0.1, 0.15) is 12.4 Å². The molecule has 1 aliphatic heterocycles. The van der Waals surface area contributed by atoms with Gasteiger partial charge in [0.25, 0.3) is 0 Å². The Kier molecular flexibility index (Phi) is 4.98. The summed E-state index contributed by atoms with van der Waals surface area (Å²) in [5, 5.41) is 5.03. The van der Waals surface area contributed by atoms with E-state index in [1.807, 2.05) is 0 Å². The van der Waals surface area contributed by atoms with Crippen molar-refractivity contribution in [1.82, 2.24) is 4.90 Å². The highest BCUT2D eigenvalue weighted by Gasteiger charge is 2.20. The Morgan fingerprint density at radius 2 is 2.00 bits per heavy atom. The zero-order valence-corrected chi connectivity index (χ0v) is 12.2. The van der Waals surface area contributed by atoms with Gasteiger partial charge in [0, 0.05) is 13.1 Å². The van der Waals surface area contributed by atoms with E-state index in [0.717, 1.165) is 32.6 Å². The number of nitrogens with zero attached hydrogens (tertiary/aromatic N) is 1. The first-order valence-corrected chi connectivity index (χ1v) is 8.22. The summed E-state index contributed by atoms with van der Waals surface area (Å²) in [7, 11) is -3.64. The van der Waals surface area contributed by atoms with Crippen LogP contribution in [-0.2, 0) is 10.0 Å². The molecule has 0 aromatic heterocycles. The molecule has 20 heavy (non-hydrogen) atoms. The van der Waals surface area contributed by atoms with E-state index in [4.69, 9.17) is 15.6 Å². The van der Waals surface area contributed by atoms with Crippen LogP contribution in [0.4, 0.5) is 0 Å². The minimum atomic E-state index is -3.64. The van der Waals surface area contributed by atoms with Gasteiger partial charge in [-0.1, -0.05) is 0 Å². The van der Waals surface area contributed by atoms with Crippen LogP contribution in [0.2, 0.25) is 0 Å². The summed E-state index contributed by atoms with van der Waals surface area (Å²) in [6.07, 6.45) is 1.15. The van der Waals surface area contributed by atoms with Crippen molar-refractivity contribution in [1.29, 1.82) is 0 Å². The molecule has 2 rings (SSSR count). The fourth-order valence-electron chi connectivity index (χ4n) is 2.33. The quantitative estimate of drug-likeness (QED) is 0.770. The van der Waals surface area contributed by atoms with Crippen molar-refractivity contribution >= 4 is 10.0 Å². The van der Waals surface area contributed by atoms with E-state index in [1.165, 1.54) is 12.1 Å². The smallest absolute Gasteiger partial charge is 0.238 e. The van der Waals surface area contributed by atoms with Gasteiger partial charge in [-0.25, -0.2) is 13.6 Å². The molecule has 0 amide bonds. The Morgan fingerprint density at radius 1 is 1.30 bits per heavy atom. The minimum Gasteiger partial charge on any atom is -0.492 e. The van der Waals surface area contributed by atoms with Crippen molar-refractivity contribution in [2.45, 2.75) is 11.3 Å². The molecule has 1 atom stereocenters. The lowest BCUT2D eigenvalue weighted by molar-refractivity contribution is 0.233. The molecule has 1 aromatic carbocycles. The molecule has 0 spiro atoms. The SMILES string of the molecule is NCC1CCN(CCOc2ccc(S(N)(=O)=O)cc2)C1. The summed E-state index contributed by atoms with van der Waals surface area (Å²) in [4.78, 5) is 2.42. The van der Waals surface area contributed by atoms with E-state index in [2.05, 4.69) is 4.90 Å². The molecule has 1 aliphatic rings. The number of hydrogen-bond acceptors (Lipinski definition) is 5. The van der Waals surface area contributed by atoms with E-state index in [-0.39, 0.29) is 4.90 Å². The summed E-state index contributed by atoms with van der Waals surface area (Å²) < 4.78 is 27.8. The monoisotopic (exact) mass is 299 g/mol. The Balaban J connectivity index is 1.77. The van der Waals surface area contributed by atoms with Gasteiger partial charge in [-0.05, 0) is 49.7 Å². The largest absolute Gasteiger partial charge is 0.492 e. The molecule has 1 heterocycles. The zero-order chi connectivity index (χ0) is 14.6. The lowest BCUT2D eigenvalue weighted by Gasteiger charge is -2.16. The minimum absolute atomic E-state index is 0.0928. The van der Waals surface area contributed by atoms with Crippen LogP contribution in [0.1, 0.15) is 6.42 Å². The molecular weight excluding hydrogens is 278 g/mol. The second kappa shape index (κ2) is 6.53. The average Bonchev–Trinajstić information content (AvgIpc) is 2.86. The van der Waals surface area contributed by atoms with Crippen molar-refractivity contribution < 1.29 is 13.2 Å². The molecule has 1 aromatic rings. The van der Waals surface area contributed by atoms with Gasteiger partial charge in [-0.2, -0.15) is 0 Å². The molecule has 112 valence electrons. The van der Waals surface area contributed by atoms with Crippen molar-refractivity contribution in [3.63, 3.8) is 0 Å². The molecule has 6 nitrogen and oxygen atoms in total. The predicted molar refractivity (Wildman–Crippen MR) is 76.9 cm³/mol. The topological polar surface area (TPSA) is 98.6 Å². The highest BCUT2D eigenvalue weighted by Crippen LogP contribution is 2.16. The van der Waals surface area contributed by atoms with Crippen molar-refractivity contribution in [2.75, 3.05) is 32.8 Å². The average molecular weight is 299 g/mol. The van der Waals surface area contributed by atoms with Gasteiger partial charge in [0.2, 0.25) is 10.0 Å². The molecule has 1 fully saturated rings. The maximum absolute atomic E-state index is 11.1. The van der Waals surface area contributed by atoms with Crippen LogP contribution < -0.4 is 15.6 Å². The molecule has 0 radical (unpaired) electrons. The fourth-order valence-corrected chi connectivity index (χ4v) is 2.84. The second-order valence-corrected chi connectivity index (χ2v) is 6.62. The third kappa shape index (κ3) is 4.17. The molecular formula is C13H21N3O3S. The Labute approximate surface area is 119 Å². The maximum atomic E-state index is 11.1. The highest BCUT2D eigenvalue weighted by molar-refractivity contribution is 7.89. The molecule has 0 saturated carbocycles. The summed E-state index contributed by atoms with van der Waals surface area (Å²) >= 11 is 0. The van der Waals surface area contributed by atoms with E-state index in [0.29, 0.717) is 18.3 Å².